The van der Waals surface area contributed by atoms with Crippen LogP contribution in [0.4, 0.5) is 0 Å². The van der Waals surface area contributed by atoms with E-state index >= 15 is 0 Å². The number of hydrogen-bond donors (Lipinski definition) is 1. The molecule has 152 valence electrons. The molecule has 0 bridgehead atoms. The number of ketones is 1. The van der Waals surface area contributed by atoms with Gasteiger partial charge in [0.2, 0.25) is 0 Å². The lowest BCUT2D eigenvalue weighted by molar-refractivity contribution is -0.140. The number of likely N-dealkylation sites (tertiary alicyclic amines) is 1. The summed E-state index contributed by atoms with van der Waals surface area (Å²) in [7, 11) is 1.53. The Morgan fingerprint density at radius 1 is 1.23 bits per heavy atom. The van der Waals surface area contributed by atoms with Crippen molar-refractivity contribution >= 4 is 33.4 Å². The number of aromatic nitrogens is 1. The Hall–Kier alpha value is -3.39. The molecule has 1 unspecified atom stereocenters. The van der Waals surface area contributed by atoms with Crippen molar-refractivity contribution < 1.29 is 23.8 Å². The molecule has 1 amide bonds. The Morgan fingerprint density at radius 2 is 2.00 bits per heavy atom. The minimum atomic E-state index is -0.779. The zero-order chi connectivity index (χ0) is 21.3. The summed E-state index contributed by atoms with van der Waals surface area (Å²) < 4.78 is 11.2. The van der Waals surface area contributed by atoms with Crippen LogP contribution in [0.3, 0.4) is 0 Å². The number of methoxy groups -OCH3 is 1. The van der Waals surface area contributed by atoms with E-state index in [4.69, 9.17) is 9.15 Å². The Morgan fingerprint density at radius 3 is 2.63 bits per heavy atom. The maximum atomic E-state index is 13.0. The number of aliphatic hydroxyl groups excluding tert-OH is 1. The van der Waals surface area contributed by atoms with E-state index in [-0.39, 0.29) is 17.9 Å². The van der Waals surface area contributed by atoms with Crippen molar-refractivity contribution in [1.29, 1.82) is 0 Å². The normalized spacial score (nSPS) is 18.1. The summed E-state index contributed by atoms with van der Waals surface area (Å²) in [5.41, 5.74) is 1.05. The smallest absolute Gasteiger partial charge is 0.296 e. The number of benzene rings is 1. The van der Waals surface area contributed by atoms with Crippen molar-refractivity contribution in [2.45, 2.75) is 12.6 Å². The summed E-state index contributed by atoms with van der Waals surface area (Å²) >= 11 is 3.38. The van der Waals surface area contributed by atoms with Gasteiger partial charge in [-0.05, 0) is 64.0 Å². The second-order valence-corrected chi connectivity index (χ2v) is 7.49. The number of nitrogens with zero attached hydrogens (tertiary/aromatic N) is 2. The molecule has 0 saturated carbocycles. The lowest BCUT2D eigenvalue weighted by atomic mass is 9.96. The molecule has 0 radical (unpaired) electrons. The number of ether oxygens (including phenoxy) is 1. The van der Waals surface area contributed by atoms with Gasteiger partial charge in [-0.1, -0.05) is 0 Å². The first-order chi connectivity index (χ1) is 14.5. The number of furan rings is 1. The number of pyridine rings is 1. The van der Waals surface area contributed by atoms with Crippen LogP contribution in [0.1, 0.15) is 22.9 Å². The zero-order valence-corrected chi connectivity index (χ0v) is 17.5. The highest BCUT2D eigenvalue weighted by molar-refractivity contribution is 9.10. The van der Waals surface area contributed by atoms with E-state index in [1.807, 2.05) is 0 Å². The van der Waals surface area contributed by atoms with Crippen LogP contribution in [-0.2, 0) is 16.1 Å². The number of hydrogen-bond acceptors (Lipinski definition) is 6. The average molecular weight is 469 g/mol. The van der Waals surface area contributed by atoms with Gasteiger partial charge in [-0.25, -0.2) is 0 Å². The molecule has 0 aliphatic carbocycles. The van der Waals surface area contributed by atoms with Gasteiger partial charge in [0.25, 0.3) is 11.7 Å². The molecule has 4 rings (SSSR count). The predicted octanol–water partition coefficient (Wildman–Crippen LogP) is 4.07. The Balaban J connectivity index is 1.85. The molecule has 1 atom stereocenters. The highest BCUT2D eigenvalue weighted by Gasteiger charge is 2.46. The Bertz CT molecular complexity index is 1130. The van der Waals surface area contributed by atoms with Crippen LogP contribution < -0.4 is 4.74 Å². The SMILES string of the molecule is COc1ccc(/C(O)=C2/C(=O)C(=O)N(Cc3ccco3)C2c2ccncc2)cc1Br. The van der Waals surface area contributed by atoms with Gasteiger partial charge in [0.1, 0.15) is 17.3 Å². The number of halogens is 1. The summed E-state index contributed by atoms with van der Waals surface area (Å²) in [4.78, 5) is 31.2. The first-order valence-corrected chi connectivity index (χ1v) is 9.85. The summed E-state index contributed by atoms with van der Waals surface area (Å²) in [6.45, 7) is 0.0909. The van der Waals surface area contributed by atoms with Crippen LogP contribution in [0.15, 0.2) is 75.6 Å². The number of carbonyl (C=O) groups is 2. The van der Waals surface area contributed by atoms with E-state index in [1.54, 1.807) is 54.9 Å². The molecule has 0 spiro atoms. The molecule has 30 heavy (non-hydrogen) atoms. The molecule has 3 heterocycles. The fourth-order valence-electron chi connectivity index (χ4n) is 3.47. The topological polar surface area (TPSA) is 92.9 Å². The summed E-state index contributed by atoms with van der Waals surface area (Å²) in [5.74, 6) is -0.616. The Kier molecular flexibility index (Phi) is 5.41. The van der Waals surface area contributed by atoms with E-state index < -0.39 is 17.7 Å². The van der Waals surface area contributed by atoms with Gasteiger partial charge in [-0.3, -0.25) is 14.6 Å². The second-order valence-electron chi connectivity index (χ2n) is 6.64. The van der Waals surface area contributed by atoms with Crippen molar-refractivity contribution in [2.75, 3.05) is 7.11 Å². The van der Waals surface area contributed by atoms with Crippen molar-refractivity contribution in [3.05, 3.63) is 88.1 Å². The molecule has 2 aromatic heterocycles. The lowest BCUT2D eigenvalue weighted by Crippen LogP contribution is -2.29. The number of aliphatic hydroxyl groups is 1. The highest BCUT2D eigenvalue weighted by Crippen LogP contribution is 2.40. The van der Waals surface area contributed by atoms with Gasteiger partial charge in [0.15, 0.2) is 0 Å². The van der Waals surface area contributed by atoms with Gasteiger partial charge in [0.05, 0.1) is 36.0 Å². The van der Waals surface area contributed by atoms with E-state index in [2.05, 4.69) is 20.9 Å². The third-order valence-corrected chi connectivity index (χ3v) is 5.51. The monoisotopic (exact) mass is 468 g/mol. The number of carbonyl (C=O) groups excluding carboxylic acids is 2. The fourth-order valence-corrected chi connectivity index (χ4v) is 4.02. The number of Topliss-reactive ketones (excluding diaryl/α,β-unsaturated/α-hetero) is 1. The van der Waals surface area contributed by atoms with E-state index in [9.17, 15) is 14.7 Å². The summed E-state index contributed by atoms with van der Waals surface area (Å²) in [6.07, 6.45) is 4.65. The Labute approximate surface area is 180 Å². The van der Waals surface area contributed by atoms with Crippen LogP contribution in [0.25, 0.3) is 5.76 Å². The number of rotatable bonds is 5. The molecule has 7 nitrogen and oxygen atoms in total. The minimum Gasteiger partial charge on any atom is -0.507 e. The van der Waals surface area contributed by atoms with Crippen molar-refractivity contribution in [3.63, 3.8) is 0 Å². The first kappa shape index (κ1) is 19.9. The van der Waals surface area contributed by atoms with Crippen molar-refractivity contribution in [2.24, 2.45) is 0 Å². The molecule has 1 fully saturated rings. The van der Waals surface area contributed by atoms with Gasteiger partial charge < -0.3 is 19.2 Å². The largest absolute Gasteiger partial charge is 0.507 e. The summed E-state index contributed by atoms with van der Waals surface area (Å²) in [6, 6.07) is 11.0. The van der Waals surface area contributed by atoms with Crippen LogP contribution in [0.5, 0.6) is 5.75 Å². The molecular weight excluding hydrogens is 452 g/mol. The number of amides is 1. The summed E-state index contributed by atoms with van der Waals surface area (Å²) in [5, 5.41) is 11.1. The molecule has 3 aromatic rings. The molecule has 1 aromatic carbocycles. The van der Waals surface area contributed by atoms with Crippen LogP contribution >= 0.6 is 15.9 Å². The molecule has 1 saturated heterocycles. The van der Waals surface area contributed by atoms with Crippen LogP contribution in [-0.4, -0.2) is 33.8 Å². The fraction of sp³-hybridized carbons (Fsp3) is 0.136. The van der Waals surface area contributed by atoms with E-state index in [1.165, 1.54) is 18.3 Å². The van der Waals surface area contributed by atoms with Gasteiger partial charge in [-0.2, -0.15) is 0 Å². The van der Waals surface area contributed by atoms with Gasteiger partial charge in [0, 0.05) is 18.0 Å². The highest BCUT2D eigenvalue weighted by atomic mass is 79.9. The van der Waals surface area contributed by atoms with Crippen LogP contribution in [0, 0.1) is 0 Å². The zero-order valence-electron chi connectivity index (χ0n) is 15.9. The van der Waals surface area contributed by atoms with Crippen molar-refractivity contribution in [3.8, 4) is 5.75 Å². The molecule has 1 N–H and O–H groups in total. The van der Waals surface area contributed by atoms with Gasteiger partial charge in [-0.15, -0.1) is 0 Å². The standard InChI is InChI=1S/C22H17BrN2O5/c1-29-17-5-4-14(11-16(17)23)20(26)18-19(13-6-8-24-9-7-13)25(22(28)21(18)27)12-15-3-2-10-30-15/h2-11,19,26H,12H2,1H3/b20-18-. The lowest BCUT2D eigenvalue weighted by Gasteiger charge is -2.24. The van der Waals surface area contributed by atoms with E-state index in [0.29, 0.717) is 27.1 Å². The molecular formula is C22H17BrN2O5. The minimum absolute atomic E-state index is 0.00910. The predicted molar refractivity (Wildman–Crippen MR) is 111 cm³/mol. The maximum Gasteiger partial charge on any atom is 0.296 e. The molecule has 8 heteroatoms. The average Bonchev–Trinajstić information content (AvgIpc) is 3.36. The maximum absolute atomic E-state index is 13.0. The van der Waals surface area contributed by atoms with E-state index in [0.717, 1.165) is 0 Å². The quantitative estimate of drug-likeness (QED) is 0.344. The third kappa shape index (κ3) is 3.50. The van der Waals surface area contributed by atoms with Crippen LogP contribution in [0.2, 0.25) is 0 Å². The third-order valence-electron chi connectivity index (χ3n) is 4.89. The first-order valence-electron chi connectivity index (χ1n) is 9.06. The van der Waals surface area contributed by atoms with Gasteiger partial charge >= 0.3 is 0 Å². The second kappa shape index (κ2) is 8.16. The molecule has 1 aliphatic heterocycles. The molecule has 1 aliphatic rings. The van der Waals surface area contributed by atoms with Crippen molar-refractivity contribution in [1.82, 2.24) is 9.88 Å².